The van der Waals surface area contributed by atoms with Gasteiger partial charge < -0.3 is 14.6 Å². The van der Waals surface area contributed by atoms with Crippen molar-refractivity contribution in [2.75, 3.05) is 26.3 Å². The molecular weight excluding hydrogens is 383 g/mol. The van der Waals surface area contributed by atoms with Crippen LogP contribution >= 0.6 is 11.3 Å². The number of thiophene rings is 1. The first-order valence-electron chi connectivity index (χ1n) is 8.97. The summed E-state index contributed by atoms with van der Waals surface area (Å²) in [6.45, 7) is 9.15. The Morgan fingerprint density at radius 1 is 1.48 bits per heavy atom. The van der Waals surface area contributed by atoms with E-state index < -0.39 is 12.1 Å². The van der Waals surface area contributed by atoms with E-state index >= 15 is 0 Å². The minimum atomic E-state index is -5.08. The number of likely N-dealkylation sites (tertiary alicyclic amines) is 1. The SMILES string of the molecule is CCO[C@H]1CO[C@@]2(CCCN(Cc3ccc(C)s3)C2)C1.O=C(O)C(F)(F)F. The lowest BCUT2D eigenvalue weighted by Crippen LogP contribution is -2.47. The monoisotopic (exact) mass is 409 g/mol. The number of hydrogen-bond acceptors (Lipinski definition) is 5. The summed E-state index contributed by atoms with van der Waals surface area (Å²) >= 11 is 1.91. The first-order chi connectivity index (χ1) is 12.6. The molecule has 0 bridgehead atoms. The maximum absolute atomic E-state index is 10.6. The highest BCUT2D eigenvalue weighted by atomic mass is 32.1. The predicted molar refractivity (Wildman–Crippen MR) is 96.0 cm³/mol. The molecule has 0 aliphatic carbocycles. The van der Waals surface area contributed by atoms with Gasteiger partial charge in [-0.25, -0.2) is 4.79 Å². The van der Waals surface area contributed by atoms with Gasteiger partial charge in [0, 0.05) is 35.9 Å². The van der Waals surface area contributed by atoms with E-state index in [9.17, 15) is 13.2 Å². The van der Waals surface area contributed by atoms with Gasteiger partial charge in [0.1, 0.15) is 0 Å². The lowest BCUT2D eigenvalue weighted by Gasteiger charge is -2.39. The van der Waals surface area contributed by atoms with Gasteiger partial charge in [-0.05, 0) is 45.4 Å². The summed E-state index contributed by atoms with van der Waals surface area (Å²) in [5, 5.41) is 7.12. The Balaban J connectivity index is 0.000000321. The molecule has 1 N–H and O–H groups in total. The fraction of sp³-hybridized carbons (Fsp3) is 0.722. The Labute approximate surface area is 161 Å². The van der Waals surface area contributed by atoms with Gasteiger partial charge in [-0.15, -0.1) is 11.3 Å². The summed E-state index contributed by atoms with van der Waals surface area (Å²) in [6.07, 6.45) is -1.27. The highest BCUT2D eigenvalue weighted by molar-refractivity contribution is 7.11. The third-order valence-corrected chi connectivity index (χ3v) is 5.60. The van der Waals surface area contributed by atoms with Crippen molar-refractivity contribution < 1.29 is 32.5 Å². The highest BCUT2D eigenvalue weighted by Crippen LogP contribution is 2.36. The van der Waals surface area contributed by atoms with E-state index in [1.165, 1.54) is 29.1 Å². The van der Waals surface area contributed by atoms with E-state index in [0.717, 1.165) is 32.7 Å². The Kier molecular flexibility index (Phi) is 7.67. The maximum Gasteiger partial charge on any atom is 0.490 e. The zero-order chi connectivity index (χ0) is 20.1. The second-order valence-electron chi connectivity index (χ2n) is 6.90. The van der Waals surface area contributed by atoms with Gasteiger partial charge in [-0.1, -0.05) is 0 Å². The van der Waals surface area contributed by atoms with Crippen LogP contribution in [0.15, 0.2) is 12.1 Å². The van der Waals surface area contributed by atoms with Gasteiger partial charge in [0.05, 0.1) is 18.3 Å². The van der Waals surface area contributed by atoms with E-state index in [-0.39, 0.29) is 5.60 Å². The quantitative estimate of drug-likeness (QED) is 0.819. The number of carbonyl (C=O) groups is 1. The molecular formula is C18H26F3NO4S. The molecule has 154 valence electrons. The van der Waals surface area contributed by atoms with E-state index in [1.807, 2.05) is 11.3 Å². The van der Waals surface area contributed by atoms with Gasteiger partial charge >= 0.3 is 12.1 Å². The van der Waals surface area contributed by atoms with Crippen molar-refractivity contribution in [2.24, 2.45) is 0 Å². The molecule has 2 saturated heterocycles. The van der Waals surface area contributed by atoms with Crippen LogP contribution in [0.25, 0.3) is 0 Å². The van der Waals surface area contributed by atoms with Gasteiger partial charge in [0.15, 0.2) is 0 Å². The third kappa shape index (κ3) is 6.74. The molecule has 1 aromatic rings. The number of alkyl halides is 3. The van der Waals surface area contributed by atoms with E-state index in [1.54, 1.807) is 0 Å². The van der Waals surface area contributed by atoms with Crippen molar-refractivity contribution >= 4 is 17.3 Å². The van der Waals surface area contributed by atoms with Crippen molar-refractivity contribution in [1.82, 2.24) is 4.90 Å². The van der Waals surface area contributed by atoms with Crippen LogP contribution in [0.5, 0.6) is 0 Å². The van der Waals surface area contributed by atoms with Gasteiger partial charge in [-0.2, -0.15) is 13.2 Å². The Morgan fingerprint density at radius 3 is 2.74 bits per heavy atom. The molecule has 0 saturated carbocycles. The number of hydrogen-bond donors (Lipinski definition) is 1. The van der Waals surface area contributed by atoms with Crippen LogP contribution in [-0.4, -0.2) is 60.2 Å². The predicted octanol–water partition coefficient (Wildman–Crippen LogP) is 3.85. The normalized spacial score (nSPS) is 26.0. The molecule has 2 atom stereocenters. The van der Waals surface area contributed by atoms with Crippen LogP contribution in [0.3, 0.4) is 0 Å². The molecule has 2 aliphatic heterocycles. The van der Waals surface area contributed by atoms with Crippen molar-refractivity contribution in [3.63, 3.8) is 0 Å². The van der Waals surface area contributed by atoms with Gasteiger partial charge in [-0.3, -0.25) is 4.90 Å². The average molecular weight is 409 g/mol. The number of rotatable bonds is 4. The molecule has 1 spiro atoms. The summed E-state index contributed by atoms with van der Waals surface area (Å²) in [6, 6.07) is 4.48. The van der Waals surface area contributed by atoms with Crippen molar-refractivity contribution in [2.45, 2.75) is 57.5 Å². The van der Waals surface area contributed by atoms with E-state index in [2.05, 4.69) is 30.9 Å². The molecule has 0 amide bonds. The Hall–Kier alpha value is -1.16. The van der Waals surface area contributed by atoms with Crippen molar-refractivity contribution in [1.29, 1.82) is 0 Å². The lowest BCUT2D eigenvalue weighted by molar-refractivity contribution is -0.192. The fourth-order valence-electron chi connectivity index (χ4n) is 3.55. The van der Waals surface area contributed by atoms with Crippen LogP contribution in [0.4, 0.5) is 13.2 Å². The summed E-state index contributed by atoms with van der Waals surface area (Å²) in [5.74, 6) is -2.76. The van der Waals surface area contributed by atoms with Crippen LogP contribution in [0.1, 0.15) is 35.9 Å². The summed E-state index contributed by atoms with van der Waals surface area (Å²) < 4.78 is 43.6. The first-order valence-corrected chi connectivity index (χ1v) is 9.78. The second-order valence-corrected chi connectivity index (χ2v) is 8.28. The highest BCUT2D eigenvalue weighted by Gasteiger charge is 2.43. The standard InChI is InChI=1S/C16H25NO2S.C2HF3O2/c1-3-18-14-9-16(19-11-14)7-4-8-17(12-16)10-15-6-5-13(2)20-15;3-2(4,5)1(6)7/h5-6,14H,3-4,7-12H2,1-2H3;(H,6,7)/t14-,16+;/m1./s1. The summed E-state index contributed by atoms with van der Waals surface area (Å²) in [7, 11) is 0. The number of halogens is 3. The number of aryl methyl sites for hydroxylation is 1. The van der Waals surface area contributed by atoms with Crippen LogP contribution in [0, 0.1) is 6.92 Å². The third-order valence-electron chi connectivity index (χ3n) is 4.61. The van der Waals surface area contributed by atoms with Crippen LogP contribution in [0.2, 0.25) is 0 Å². The lowest BCUT2D eigenvalue weighted by atomic mass is 9.89. The average Bonchev–Trinajstić information content (AvgIpc) is 3.14. The van der Waals surface area contributed by atoms with Crippen molar-refractivity contribution in [3.05, 3.63) is 21.9 Å². The van der Waals surface area contributed by atoms with Crippen LogP contribution in [-0.2, 0) is 20.8 Å². The molecule has 27 heavy (non-hydrogen) atoms. The number of nitrogens with zero attached hydrogens (tertiary/aromatic N) is 1. The number of piperidine rings is 1. The molecule has 9 heteroatoms. The van der Waals surface area contributed by atoms with Gasteiger partial charge in [0.25, 0.3) is 0 Å². The molecule has 0 unspecified atom stereocenters. The van der Waals surface area contributed by atoms with E-state index in [4.69, 9.17) is 19.4 Å². The minimum Gasteiger partial charge on any atom is -0.475 e. The van der Waals surface area contributed by atoms with Gasteiger partial charge in [0.2, 0.25) is 0 Å². The van der Waals surface area contributed by atoms with Crippen LogP contribution < -0.4 is 0 Å². The smallest absolute Gasteiger partial charge is 0.475 e. The number of aliphatic carboxylic acids is 1. The zero-order valence-corrected chi connectivity index (χ0v) is 16.4. The summed E-state index contributed by atoms with van der Waals surface area (Å²) in [5.41, 5.74) is 0.0599. The zero-order valence-electron chi connectivity index (χ0n) is 15.6. The Morgan fingerprint density at radius 2 is 2.19 bits per heavy atom. The maximum atomic E-state index is 10.6. The van der Waals surface area contributed by atoms with Crippen molar-refractivity contribution in [3.8, 4) is 0 Å². The minimum absolute atomic E-state index is 0.0599. The number of ether oxygens (including phenoxy) is 2. The molecule has 3 heterocycles. The Bertz CT molecular complexity index is 622. The summed E-state index contributed by atoms with van der Waals surface area (Å²) in [4.78, 5) is 14.3. The topological polar surface area (TPSA) is 59.0 Å². The molecule has 0 aromatic carbocycles. The number of carboxylic acids is 1. The molecule has 1 aromatic heterocycles. The fourth-order valence-corrected chi connectivity index (χ4v) is 4.48. The largest absolute Gasteiger partial charge is 0.490 e. The molecule has 2 aliphatic rings. The van der Waals surface area contributed by atoms with E-state index in [0.29, 0.717) is 6.10 Å². The number of carboxylic acid groups (broad SMARTS) is 1. The molecule has 0 radical (unpaired) electrons. The molecule has 2 fully saturated rings. The second kappa shape index (κ2) is 9.36. The first kappa shape index (κ1) is 22.1. The molecule has 3 rings (SSSR count). The molecule has 5 nitrogen and oxygen atoms in total.